The van der Waals surface area contributed by atoms with Crippen LogP contribution in [0, 0.1) is 5.82 Å². The third-order valence-corrected chi connectivity index (χ3v) is 4.72. The molecule has 1 fully saturated rings. The zero-order valence-electron chi connectivity index (χ0n) is 15.0. The summed E-state index contributed by atoms with van der Waals surface area (Å²) in [5, 5.41) is 5.01. The number of benzene rings is 1. The second-order valence-electron chi connectivity index (χ2n) is 6.52. The van der Waals surface area contributed by atoms with Crippen molar-refractivity contribution in [1.29, 1.82) is 0 Å². The number of halogens is 1. The highest BCUT2D eigenvalue weighted by Gasteiger charge is 2.18. The smallest absolute Gasteiger partial charge is 0.174 e. The Balaban J connectivity index is 1.78. The average molecular weight is 368 g/mol. The van der Waals surface area contributed by atoms with Gasteiger partial charge in [0, 0.05) is 35.7 Å². The summed E-state index contributed by atoms with van der Waals surface area (Å²) in [5.41, 5.74) is 6.72. The number of nitrogen functional groups attached to an aromatic ring is 1. The highest BCUT2D eigenvalue weighted by atomic mass is 19.1. The molecule has 0 amide bonds. The molecule has 27 heavy (non-hydrogen) atoms. The van der Waals surface area contributed by atoms with E-state index in [4.69, 9.17) is 15.2 Å². The zero-order chi connectivity index (χ0) is 18.8. The number of methoxy groups -OCH3 is 1. The Labute approximate surface area is 156 Å². The number of nitrogens with one attached hydrogen (secondary N) is 1. The van der Waals surface area contributed by atoms with Crippen molar-refractivity contribution >= 4 is 22.4 Å². The maximum Gasteiger partial charge on any atom is 0.174 e. The van der Waals surface area contributed by atoms with Crippen LogP contribution in [0.3, 0.4) is 0 Å². The number of anilines is 2. The van der Waals surface area contributed by atoms with Crippen LogP contribution in [0.25, 0.3) is 22.0 Å². The number of fused-ring (bicyclic) bond motifs is 1. The van der Waals surface area contributed by atoms with E-state index in [-0.39, 0.29) is 11.9 Å². The summed E-state index contributed by atoms with van der Waals surface area (Å²) in [6, 6.07) is 8.58. The predicted octanol–water partition coefficient (Wildman–Crippen LogP) is 3.62. The lowest BCUT2D eigenvalue weighted by atomic mass is 10.1. The molecule has 1 atom stereocenters. The highest BCUT2D eigenvalue weighted by molar-refractivity contribution is 5.95. The van der Waals surface area contributed by atoms with E-state index in [1.54, 1.807) is 36.5 Å². The maximum atomic E-state index is 14.7. The zero-order valence-corrected chi connectivity index (χ0v) is 15.0. The third-order valence-electron chi connectivity index (χ3n) is 4.72. The molecule has 1 unspecified atom stereocenters. The van der Waals surface area contributed by atoms with E-state index in [9.17, 15) is 4.39 Å². The van der Waals surface area contributed by atoms with E-state index in [2.05, 4.69) is 15.3 Å². The number of hydrogen-bond acceptors (Lipinski definition) is 6. The first kappa shape index (κ1) is 17.5. The molecule has 6 nitrogen and oxygen atoms in total. The lowest BCUT2D eigenvalue weighted by Crippen LogP contribution is -2.19. The second kappa shape index (κ2) is 7.36. The van der Waals surface area contributed by atoms with E-state index < -0.39 is 5.82 Å². The van der Waals surface area contributed by atoms with Crippen molar-refractivity contribution in [3.8, 4) is 17.0 Å². The van der Waals surface area contributed by atoms with E-state index in [0.29, 0.717) is 29.4 Å². The molecule has 1 aliphatic rings. The Morgan fingerprint density at radius 2 is 2.26 bits per heavy atom. The SMILES string of the molecule is COc1cccc(-c2cc3cnc(N)cc3c(NCC3CCCO3)n2)c1F. The number of pyridine rings is 2. The molecule has 2 aromatic heterocycles. The van der Waals surface area contributed by atoms with E-state index in [1.165, 1.54) is 7.11 Å². The molecule has 0 saturated carbocycles. The van der Waals surface area contributed by atoms with Crippen molar-refractivity contribution < 1.29 is 13.9 Å². The molecule has 0 bridgehead atoms. The van der Waals surface area contributed by atoms with Crippen molar-refractivity contribution in [2.24, 2.45) is 0 Å². The molecule has 1 saturated heterocycles. The molecule has 0 spiro atoms. The molecule has 7 heteroatoms. The van der Waals surface area contributed by atoms with E-state index in [1.807, 2.05) is 0 Å². The summed E-state index contributed by atoms with van der Waals surface area (Å²) in [6.07, 6.45) is 3.90. The van der Waals surface area contributed by atoms with Gasteiger partial charge in [-0.15, -0.1) is 0 Å². The van der Waals surface area contributed by atoms with Crippen LogP contribution in [-0.2, 0) is 4.74 Å². The van der Waals surface area contributed by atoms with Crippen molar-refractivity contribution in [1.82, 2.24) is 9.97 Å². The Bertz CT molecular complexity index is 974. The molecule has 3 N–H and O–H groups in total. The predicted molar refractivity (Wildman–Crippen MR) is 103 cm³/mol. The van der Waals surface area contributed by atoms with Gasteiger partial charge in [0.2, 0.25) is 0 Å². The van der Waals surface area contributed by atoms with Gasteiger partial charge in [-0.25, -0.2) is 14.4 Å². The topological polar surface area (TPSA) is 82.3 Å². The molecular weight excluding hydrogens is 347 g/mol. The number of hydrogen-bond donors (Lipinski definition) is 2. The summed E-state index contributed by atoms with van der Waals surface area (Å²) in [5.74, 6) is 0.776. The van der Waals surface area contributed by atoms with Gasteiger partial charge in [0.1, 0.15) is 11.6 Å². The summed E-state index contributed by atoms with van der Waals surface area (Å²) >= 11 is 0. The Hall–Kier alpha value is -2.93. The minimum absolute atomic E-state index is 0.151. The maximum absolute atomic E-state index is 14.7. The standard InChI is InChI=1S/C20H21FN4O2/c1-26-17-6-2-5-14(19(17)21)16-8-12-10-23-18(22)9-15(12)20(25-16)24-11-13-4-3-7-27-13/h2,5-6,8-10,13H,3-4,7,11H2,1H3,(H2,22,23)(H,24,25). The number of nitrogens with zero attached hydrogens (tertiary/aromatic N) is 2. The van der Waals surface area contributed by atoms with Crippen LogP contribution in [0.5, 0.6) is 5.75 Å². The van der Waals surface area contributed by atoms with Gasteiger partial charge in [-0.3, -0.25) is 0 Å². The molecule has 0 aliphatic carbocycles. The number of rotatable bonds is 5. The summed E-state index contributed by atoms with van der Waals surface area (Å²) in [7, 11) is 1.44. The lowest BCUT2D eigenvalue weighted by Gasteiger charge is -2.15. The minimum atomic E-state index is -0.444. The van der Waals surface area contributed by atoms with Gasteiger partial charge in [-0.2, -0.15) is 0 Å². The molecule has 1 aliphatic heterocycles. The highest BCUT2D eigenvalue weighted by Crippen LogP contribution is 2.32. The number of aromatic nitrogens is 2. The fourth-order valence-corrected chi connectivity index (χ4v) is 3.32. The fourth-order valence-electron chi connectivity index (χ4n) is 3.32. The molecular formula is C20H21FN4O2. The fraction of sp³-hybridized carbons (Fsp3) is 0.300. The summed E-state index contributed by atoms with van der Waals surface area (Å²) < 4.78 is 25.5. The molecule has 0 radical (unpaired) electrons. The summed E-state index contributed by atoms with van der Waals surface area (Å²) in [6.45, 7) is 1.42. The van der Waals surface area contributed by atoms with Crippen LogP contribution in [-0.4, -0.2) is 36.3 Å². The number of ether oxygens (including phenoxy) is 2. The van der Waals surface area contributed by atoms with Crippen LogP contribution in [0.2, 0.25) is 0 Å². The quantitative estimate of drug-likeness (QED) is 0.716. The van der Waals surface area contributed by atoms with Gasteiger partial charge in [0.25, 0.3) is 0 Å². The van der Waals surface area contributed by atoms with Gasteiger partial charge in [0.15, 0.2) is 11.6 Å². The molecule has 3 heterocycles. The van der Waals surface area contributed by atoms with Crippen LogP contribution < -0.4 is 15.8 Å². The molecule has 140 valence electrons. The number of nitrogens with two attached hydrogens (primary N) is 1. The van der Waals surface area contributed by atoms with Crippen molar-refractivity contribution in [3.63, 3.8) is 0 Å². The molecule has 1 aromatic carbocycles. The monoisotopic (exact) mass is 368 g/mol. The molecule has 3 aromatic rings. The Morgan fingerprint density at radius 1 is 1.37 bits per heavy atom. The van der Waals surface area contributed by atoms with E-state index in [0.717, 1.165) is 30.2 Å². The third kappa shape index (κ3) is 3.50. The normalized spacial score (nSPS) is 16.6. The van der Waals surface area contributed by atoms with Gasteiger partial charge < -0.3 is 20.5 Å². The van der Waals surface area contributed by atoms with Gasteiger partial charge >= 0.3 is 0 Å². The van der Waals surface area contributed by atoms with Crippen LogP contribution >= 0.6 is 0 Å². The van der Waals surface area contributed by atoms with Crippen LogP contribution in [0.4, 0.5) is 16.0 Å². The first-order chi connectivity index (χ1) is 13.2. The molecule has 4 rings (SSSR count). The van der Waals surface area contributed by atoms with Crippen LogP contribution in [0.15, 0.2) is 36.5 Å². The van der Waals surface area contributed by atoms with Crippen molar-refractivity contribution in [2.75, 3.05) is 31.3 Å². The first-order valence-electron chi connectivity index (χ1n) is 8.90. The second-order valence-corrected chi connectivity index (χ2v) is 6.52. The van der Waals surface area contributed by atoms with Gasteiger partial charge in [-0.1, -0.05) is 6.07 Å². The average Bonchev–Trinajstić information content (AvgIpc) is 3.20. The first-order valence-corrected chi connectivity index (χ1v) is 8.90. The Kier molecular flexibility index (Phi) is 4.77. The van der Waals surface area contributed by atoms with Crippen molar-refractivity contribution in [3.05, 3.63) is 42.3 Å². The largest absolute Gasteiger partial charge is 0.494 e. The lowest BCUT2D eigenvalue weighted by molar-refractivity contribution is 0.120. The Morgan fingerprint density at radius 3 is 3.04 bits per heavy atom. The van der Waals surface area contributed by atoms with Gasteiger partial charge in [0.05, 0.1) is 18.9 Å². The van der Waals surface area contributed by atoms with Crippen LogP contribution in [0.1, 0.15) is 12.8 Å². The summed E-state index contributed by atoms with van der Waals surface area (Å²) in [4.78, 5) is 8.82. The van der Waals surface area contributed by atoms with Crippen molar-refractivity contribution in [2.45, 2.75) is 18.9 Å². The van der Waals surface area contributed by atoms with Gasteiger partial charge in [-0.05, 0) is 37.1 Å². The minimum Gasteiger partial charge on any atom is -0.494 e. The van der Waals surface area contributed by atoms with E-state index >= 15 is 0 Å².